The number of hydrogen-bond acceptors (Lipinski definition) is 3. The van der Waals surface area contributed by atoms with Gasteiger partial charge in [-0.1, -0.05) is 44.2 Å². The number of benzene rings is 2. The van der Waals surface area contributed by atoms with Crippen LogP contribution in [0.3, 0.4) is 0 Å². The summed E-state index contributed by atoms with van der Waals surface area (Å²) >= 11 is 0. The van der Waals surface area contributed by atoms with Crippen molar-refractivity contribution in [2.45, 2.75) is 25.9 Å². The van der Waals surface area contributed by atoms with Crippen molar-refractivity contribution >= 4 is 5.91 Å². The second-order valence-electron chi connectivity index (χ2n) is 8.41. The number of carbonyl (C=O) groups excluding carboxylic acids is 1. The first kappa shape index (κ1) is 18.2. The van der Waals surface area contributed by atoms with Crippen molar-refractivity contribution in [1.29, 1.82) is 0 Å². The zero-order valence-electron chi connectivity index (χ0n) is 16.3. The Hall–Kier alpha value is -2.17. The predicted octanol–water partition coefficient (Wildman–Crippen LogP) is 3.43. The fourth-order valence-corrected chi connectivity index (χ4v) is 4.51. The molecular formula is C23H28N2O2. The van der Waals surface area contributed by atoms with Crippen molar-refractivity contribution in [2.24, 2.45) is 11.8 Å². The summed E-state index contributed by atoms with van der Waals surface area (Å²) in [6, 6.07) is 14.3. The highest BCUT2D eigenvalue weighted by Gasteiger charge is 2.36. The summed E-state index contributed by atoms with van der Waals surface area (Å²) in [4.78, 5) is 15.0. The molecule has 0 aliphatic carbocycles. The lowest BCUT2D eigenvalue weighted by atomic mass is 9.86. The summed E-state index contributed by atoms with van der Waals surface area (Å²) in [7, 11) is 2.15. The van der Waals surface area contributed by atoms with Crippen molar-refractivity contribution < 1.29 is 9.90 Å². The SMILES string of the molecule is CC(C)C(O)c1cccc(-c2ccc3c(c2)C(=O)NC[C@H]2CN(C)C[C@H]32)c1. The molecule has 1 saturated heterocycles. The number of aliphatic hydroxyl groups is 1. The normalized spacial score (nSPS) is 23.5. The van der Waals surface area contributed by atoms with E-state index in [-0.39, 0.29) is 11.8 Å². The first-order valence-electron chi connectivity index (χ1n) is 9.83. The number of likely N-dealkylation sites (tertiary alicyclic amines) is 1. The number of likely N-dealkylation sites (N-methyl/N-ethyl adjacent to an activating group) is 1. The highest BCUT2D eigenvalue weighted by Crippen LogP contribution is 2.37. The second-order valence-corrected chi connectivity index (χ2v) is 8.41. The van der Waals surface area contributed by atoms with Gasteiger partial charge in [0.2, 0.25) is 0 Å². The second kappa shape index (κ2) is 7.10. The van der Waals surface area contributed by atoms with Crippen molar-refractivity contribution in [3.8, 4) is 11.1 Å². The summed E-state index contributed by atoms with van der Waals surface area (Å²) < 4.78 is 0. The zero-order chi connectivity index (χ0) is 19.1. The van der Waals surface area contributed by atoms with E-state index in [0.717, 1.165) is 41.9 Å². The van der Waals surface area contributed by atoms with Crippen LogP contribution in [0.25, 0.3) is 11.1 Å². The van der Waals surface area contributed by atoms with Gasteiger partial charge in [-0.3, -0.25) is 4.79 Å². The summed E-state index contributed by atoms with van der Waals surface area (Å²) in [5.74, 6) is 1.08. The Labute approximate surface area is 161 Å². The van der Waals surface area contributed by atoms with Gasteiger partial charge in [-0.05, 0) is 53.3 Å². The van der Waals surface area contributed by atoms with E-state index in [2.05, 4.69) is 29.4 Å². The zero-order valence-corrected chi connectivity index (χ0v) is 16.3. The molecule has 4 nitrogen and oxygen atoms in total. The van der Waals surface area contributed by atoms with Crippen LogP contribution >= 0.6 is 0 Å². The van der Waals surface area contributed by atoms with Gasteiger partial charge in [-0.2, -0.15) is 0 Å². The van der Waals surface area contributed by atoms with E-state index < -0.39 is 6.10 Å². The van der Waals surface area contributed by atoms with Gasteiger partial charge in [0.15, 0.2) is 0 Å². The lowest BCUT2D eigenvalue weighted by Gasteiger charge is -2.18. The van der Waals surface area contributed by atoms with E-state index in [4.69, 9.17) is 0 Å². The number of hydrogen-bond donors (Lipinski definition) is 2. The molecule has 2 aromatic rings. The van der Waals surface area contributed by atoms with E-state index in [9.17, 15) is 9.90 Å². The molecular weight excluding hydrogens is 336 g/mol. The van der Waals surface area contributed by atoms with E-state index in [0.29, 0.717) is 11.8 Å². The third kappa shape index (κ3) is 3.40. The lowest BCUT2D eigenvalue weighted by Crippen LogP contribution is -2.29. The highest BCUT2D eigenvalue weighted by molar-refractivity contribution is 5.97. The van der Waals surface area contributed by atoms with E-state index >= 15 is 0 Å². The smallest absolute Gasteiger partial charge is 0.251 e. The molecule has 0 saturated carbocycles. The Morgan fingerprint density at radius 3 is 2.67 bits per heavy atom. The van der Waals surface area contributed by atoms with E-state index in [1.165, 1.54) is 5.56 Å². The maximum Gasteiger partial charge on any atom is 0.251 e. The van der Waals surface area contributed by atoms with E-state index in [1.807, 2.05) is 44.2 Å². The third-order valence-electron chi connectivity index (χ3n) is 6.04. The number of aliphatic hydroxyl groups excluding tert-OH is 1. The summed E-state index contributed by atoms with van der Waals surface area (Å²) in [6.07, 6.45) is -0.483. The van der Waals surface area contributed by atoms with Crippen LogP contribution in [-0.4, -0.2) is 42.6 Å². The highest BCUT2D eigenvalue weighted by atomic mass is 16.3. The quantitative estimate of drug-likeness (QED) is 0.877. The summed E-state index contributed by atoms with van der Waals surface area (Å²) in [5, 5.41) is 13.5. The van der Waals surface area contributed by atoms with Crippen LogP contribution < -0.4 is 5.32 Å². The molecule has 2 N–H and O–H groups in total. The van der Waals surface area contributed by atoms with Crippen LogP contribution in [0.5, 0.6) is 0 Å². The number of nitrogens with zero attached hydrogens (tertiary/aromatic N) is 1. The van der Waals surface area contributed by atoms with Crippen LogP contribution in [0.1, 0.15) is 47.4 Å². The average molecular weight is 364 g/mol. The number of carbonyl (C=O) groups is 1. The molecule has 1 fully saturated rings. The number of nitrogens with one attached hydrogen (secondary N) is 1. The third-order valence-corrected chi connectivity index (χ3v) is 6.04. The van der Waals surface area contributed by atoms with Crippen molar-refractivity contribution in [3.63, 3.8) is 0 Å². The standard InChI is InChI=1S/C23H28N2O2/c1-14(2)22(26)17-6-4-5-15(9-17)16-7-8-19-20(10-16)23(27)24-11-18-12-25(3)13-21(18)19/h4-10,14,18,21-22,26H,11-13H2,1-3H3,(H,24,27)/t18-,21-,22?/m0/s1. The van der Waals surface area contributed by atoms with E-state index in [1.54, 1.807) is 0 Å². The van der Waals surface area contributed by atoms with Gasteiger partial charge in [0.1, 0.15) is 0 Å². The molecule has 0 radical (unpaired) electrons. The molecule has 2 aromatic carbocycles. The molecule has 4 rings (SSSR count). The molecule has 142 valence electrons. The minimum absolute atomic E-state index is 0.0299. The van der Waals surface area contributed by atoms with Crippen molar-refractivity contribution in [1.82, 2.24) is 10.2 Å². The number of fused-ring (bicyclic) bond motifs is 3. The molecule has 1 unspecified atom stereocenters. The Morgan fingerprint density at radius 2 is 1.89 bits per heavy atom. The molecule has 2 heterocycles. The first-order valence-corrected chi connectivity index (χ1v) is 9.83. The Morgan fingerprint density at radius 1 is 1.11 bits per heavy atom. The molecule has 0 bridgehead atoms. The fourth-order valence-electron chi connectivity index (χ4n) is 4.51. The Balaban J connectivity index is 1.73. The Bertz CT molecular complexity index is 861. The maximum absolute atomic E-state index is 12.7. The van der Waals surface area contributed by atoms with Gasteiger partial charge < -0.3 is 15.3 Å². The molecule has 1 amide bonds. The van der Waals surface area contributed by atoms with Crippen LogP contribution in [-0.2, 0) is 0 Å². The van der Waals surface area contributed by atoms with Crippen LogP contribution in [0, 0.1) is 11.8 Å². The molecule has 4 heteroatoms. The molecule has 27 heavy (non-hydrogen) atoms. The summed E-state index contributed by atoms with van der Waals surface area (Å²) in [5.41, 5.74) is 4.93. The van der Waals surface area contributed by atoms with Gasteiger partial charge in [0.05, 0.1) is 6.10 Å². The van der Waals surface area contributed by atoms with Gasteiger partial charge in [0.25, 0.3) is 5.91 Å². The van der Waals surface area contributed by atoms with Gasteiger partial charge >= 0.3 is 0 Å². The first-order chi connectivity index (χ1) is 12.9. The predicted molar refractivity (Wildman–Crippen MR) is 108 cm³/mol. The van der Waals surface area contributed by atoms with Crippen LogP contribution in [0.2, 0.25) is 0 Å². The molecule has 0 aromatic heterocycles. The number of rotatable bonds is 3. The van der Waals surface area contributed by atoms with Gasteiger partial charge in [-0.15, -0.1) is 0 Å². The average Bonchev–Trinajstić information content (AvgIpc) is 2.99. The summed E-state index contributed by atoms with van der Waals surface area (Å²) in [6.45, 7) is 6.80. The molecule has 2 aliphatic rings. The van der Waals surface area contributed by atoms with Crippen LogP contribution in [0.15, 0.2) is 42.5 Å². The fraction of sp³-hybridized carbons (Fsp3) is 0.435. The lowest BCUT2D eigenvalue weighted by molar-refractivity contribution is 0.0951. The van der Waals surface area contributed by atoms with Crippen molar-refractivity contribution in [3.05, 3.63) is 59.2 Å². The van der Waals surface area contributed by atoms with Gasteiger partial charge in [0, 0.05) is 31.1 Å². The van der Waals surface area contributed by atoms with Gasteiger partial charge in [-0.25, -0.2) is 0 Å². The largest absolute Gasteiger partial charge is 0.388 e. The Kier molecular flexibility index (Phi) is 4.79. The maximum atomic E-state index is 12.7. The monoisotopic (exact) mass is 364 g/mol. The molecule has 2 aliphatic heterocycles. The molecule has 0 spiro atoms. The minimum atomic E-state index is -0.483. The van der Waals surface area contributed by atoms with Crippen LogP contribution in [0.4, 0.5) is 0 Å². The minimum Gasteiger partial charge on any atom is -0.388 e. The number of amides is 1. The molecule has 3 atom stereocenters. The van der Waals surface area contributed by atoms with Crippen molar-refractivity contribution in [2.75, 3.05) is 26.7 Å². The topological polar surface area (TPSA) is 52.6 Å².